The van der Waals surface area contributed by atoms with E-state index in [2.05, 4.69) is 27.1 Å². The molecule has 126 valence electrons. The zero-order valence-corrected chi connectivity index (χ0v) is 14.9. The second kappa shape index (κ2) is 6.52. The van der Waals surface area contributed by atoms with Crippen LogP contribution in [0.5, 0.6) is 0 Å². The van der Waals surface area contributed by atoms with Crippen molar-refractivity contribution in [2.45, 2.75) is 45.6 Å². The van der Waals surface area contributed by atoms with E-state index in [0.29, 0.717) is 11.8 Å². The van der Waals surface area contributed by atoms with Gasteiger partial charge in [0.15, 0.2) is 0 Å². The Hall–Kier alpha value is -0.940. The number of fused-ring (bicyclic) bond motifs is 2. The van der Waals surface area contributed by atoms with Crippen LogP contribution in [0.15, 0.2) is 5.38 Å². The minimum absolute atomic E-state index is 0.409. The van der Waals surface area contributed by atoms with Gasteiger partial charge in [0.25, 0.3) is 0 Å². The lowest BCUT2D eigenvalue weighted by atomic mass is 9.86. The number of amides is 1. The summed E-state index contributed by atoms with van der Waals surface area (Å²) in [6.45, 7) is 6.74. The largest absolute Gasteiger partial charge is 0.340 e. The minimum Gasteiger partial charge on any atom is -0.340 e. The van der Waals surface area contributed by atoms with Crippen molar-refractivity contribution in [1.82, 2.24) is 14.8 Å². The van der Waals surface area contributed by atoms with E-state index in [9.17, 15) is 4.79 Å². The highest BCUT2D eigenvalue weighted by Gasteiger charge is 2.40. The van der Waals surface area contributed by atoms with Crippen LogP contribution in [0.4, 0.5) is 0 Å². The number of rotatable bonds is 4. The Bertz CT molecular complexity index is 564. The summed E-state index contributed by atoms with van der Waals surface area (Å²) in [5.74, 6) is 2.90. The molecule has 0 aromatic carbocycles. The highest BCUT2D eigenvalue weighted by atomic mass is 32.1. The molecule has 0 spiro atoms. The van der Waals surface area contributed by atoms with Gasteiger partial charge < -0.3 is 4.90 Å². The number of aromatic nitrogens is 1. The van der Waals surface area contributed by atoms with Crippen LogP contribution in [0.3, 0.4) is 0 Å². The molecule has 4 nitrogen and oxygen atoms in total. The van der Waals surface area contributed by atoms with E-state index in [0.717, 1.165) is 56.0 Å². The summed E-state index contributed by atoms with van der Waals surface area (Å²) in [6, 6.07) is 0. The predicted octanol–water partition coefficient (Wildman–Crippen LogP) is 2.92. The third-order valence-corrected chi connectivity index (χ3v) is 6.92. The monoisotopic (exact) mass is 333 g/mol. The number of carbonyl (C=O) groups is 1. The third kappa shape index (κ3) is 3.45. The normalized spacial score (nSPS) is 31.0. The van der Waals surface area contributed by atoms with Gasteiger partial charge in [0.1, 0.15) is 0 Å². The molecule has 2 bridgehead atoms. The van der Waals surface area contributed by atoms with Gasteiger partial charge in [-0.15, -0.1) is 11.3 Å². The summed E-state index contributed by atoms with van der Waals surface area (Å²) in [4.78, 5) is 21.7. The fourth-order valence-electron chi connectivity index (χ4n) is 4.85. The number of carbonyl (C=O) groups excluding carboxylic acids is 1. The van der Waals surface area contributed by atoms with E-state index in [1.807, 2.05) is 0 Å². The first-order valence-electron chi connectivity index (χ1n) is 9.08. The average Bonchev–Trinajstić information content (AvgIpc) is 3.25. The summed E-state index contributed by atoms with van der Waals surface area (Å²) in [7, 11) is 0. The van der Waals surface area contributed by atoms with Gasteiger partial charge in [0, 0.05) is 44.5 Å². The molecule has 3 atom stereocenters. The van der Waals surface area contributed by atoms with Crippen LogP contribution >= 0.6 is 11.3 Å². The van der Waals surface area contributed by atoms with Crippen LogP contribution in [0.2, 0.25) is 0 Å². The summed E-state index contributed by atoms with van der Waals surface area (Å²) in [5, 5.41) is 3.29. The van der Waals surface area contributed by atoms with E-state index in [-0.39, 0.29) is 0 Å². The maximum Gasteiger partial charge on any atom is 0.222 e. The fraction of sp³-hybridized carbons (Fsp3) is 0.778. The Morgan fingerprint density at radius 2 is 2.09 bits per heavy atom. The maximum atomic E-state index is 12.6. The highest BCUT2D eigenvalue weighted by molar-refractivity contribution is 7.09. The van der Waals surface area contributed by atoms with E-state index < -0.39 is 0 Å². The molecule has 4 rings (SSSR count). The molecule has 2 aliphatic carbocycles. The van der Waals surface area contributed by atoms with E-state index in [1.165, 1.54) is 31.4 Å². The molecular formula is C18H27N3OS. The molecule has 5 heteroatoms. The molecule has 3 fully saturated rings. The second-order valence-electron chi connectivity index (χ2n) is 7.65. The van der Waals surface area contributed by atoms with Gasteiger partial charge in [0.2, 0.25) is 5.91 Å². The summed E-state index contributed by atoms with van der Waals surface area (Å²) in [5.41, 5.74) is 1.18. The zero-order chi connectivity index (χ0) is 15.8. The van der Waals surface area contributed by atoms with Crippen molar-refractivity contribution in [2.24, 2.45) is 17.8 Å². The van der Waals surface area contributed by atoms with Crippen molar-refractivity contribution in [2.75, 3.05) is 26.2 Å². The summed E-state index contributed by atoms with van der Waals surface area (Å²) < 4.78 is 0. The van der Waals surface area contributed by atoms with Crippen LogP contribution in [-0.4, -0.2) is 46.9 Å². The Kier molecular flexibility index (Phi) is 4.41. The van der Waals surface area contributed by atoms with Gasteiger partial charge in [0.05, 0.1) is 10.7 Å². The van der Waals surface area contributed by atoms with Crippen LogP contribution in [0.1, 0.15) is 42.8 Å². The Morgan fingerprint density at radius 3 is 2.70 bits per heavy atom. The second-order valence-corrected chi connectivity index (χ2v) is 8.72. The van der Waals surface area contributed by atoms with Gasteiger partial charge in [-0.3, -0.25) is 9.69 Å². The predicted molar refractivity (Wildman–Crippen MR) is 92.3 cm³/mol. The van der Waals surface area contributed by atoms with Crippen LogP contribution in [-0.2, 0) is 11.3 Å². The molecular weight excluding hydrogens is 306 g/mol. The lowest BCUT2D eigenvalue weighted by Crippen LogP contribution is -2.48. The molecule has 0 N–H and O–H groups in total. The quantitative estimate of drug-likeness (QED) is 0.850. The van der Waals surface area contributed by atoms with Crippen molar-refractivity contribution >= 4 is 17.2 Å². The first kappa shape index (κ1) is 15.6. The SMILES string of the molecule is Cc1nc(CN2CCN(C(=O)CC3CC4CCC3C4)CC2)cs1. The van der Waals surface area contributed by atoms with Gasteiger partial charge in [-0.05, 0) is 43.9 Å². The van der Waals surface area contributed by atoms with Crippen molar-refractivity contribution in [3.05, 3.63) is 16.1 Å². The summed E-state index contributed by atoms with van der Waals surface area (Å²) in [6.07, 6.45) is 6.33. The number of piperazine rings is 1. The Morgan fingerprint density at radius 1 is 1.26 bits per heavy atom. The number of thiazole rings is 1. The molecule has 1 aromatic rings. The van der Waals surface area contributed by atoms with Gasteiger partial charge in [-0.2, -0.15) is 0 Å². The number of hydrogen-bond acceptors (Lipinski definition) is 4. The molecule has 1 aromatic heterocycles. The van der Waals surface area contributed by atoms with Gasteiger partial charge in [-0.25, -0.2) is 4.98 Å². The van der Waals surface area contributed by atoms with Crippen LogP contribution in [0.25, 0.3) is 0 Å². The van der Waals surface area contributed by atoms with E-state index in [4.69, 9.17) is 0 Å². The van der Waals surface area contributed by atoms with Crippen LogP contribution in [0, 0.1) is 24.7 Å². The van der Waals surface area contributed by atoms with Crippen molar-refractivity contribution in [1.29, 1.82) is 0 Å². The maximum absolute atomic E-state index is 12.6. The molecule has 1 amide bonds. The van der Waals surface area contributed by atoms with Crippen molar-refractivity contribution < 1.29 is 4.79 Å². The van der Waals surface area contributed by atoms with E-state index >= 15 is 0 Å². The minimum atomic E-state index is 0.409. The lowest BCUT2D eigenvalue weighted by molar-refractivity contribution is -0.134. The highest BCUT2D eigenvalue weighted by Crippen LogP contribution is 2.49. The molecule has 1 saturated heterocycles. The summed E-state index contributed by atoms with van der Waals surface area (Å²) >= 11 is 1.72. The van der Waals surface area contributed by atoms with Crippen molar-refractivity contribution in [3.8, 4) is 0 Å². The Labute approximate surface area is 142 Å². The van der Waals surface area contributed by atoms with Crippen molar-refractivity contribution in [3.63, 3.8) is 0 Å². The molecule has 2 saturated carbocycles. The van der Waals surface area contributed by atoms with Gasteiger partial charge >= 0.3 is 0 Å². The molecule has 1 aliphatic heterocycles. The van der Waals surface area contributed by atoms with E-state index in [1.54, 1.807) is 11.3 Å². The third-order valence-electron chi connectivity index (χ3n) is 6.10. The average molecular weight is 334 g/mol. The lowest BCUT2D eigenvalue weighted by Gasteiger charge is -2.35. The van der Waals surface area contributed by atoms with Crippen LogP contribution < -0.4 is 0 Å². The zero-order valence-electron chi connectivity index (χ0n) is 14.0. The molecule has 0 radical (unpaired) electrons. The number of hydrogen-bond donors (Lipinski definition) is 0. The van der Waals surface area contributed by atoms with Gasteiger partial charge in [-0.1, -0.05) is 6.42 Å². The molecule has 3 unspecified atom stereocenters. The first-order chi connectivity index (χ1) is 11.2. The number of nitrogens with zero attached hydrogens (tertiary/aromatic N) is 3. The standard InChI is InChI=1S/C18H27N3OS/c1-13-19-17(12-23-13)11-20-4-6-21(7-5-20)18(22)10-16-9-14-2-3-15(16)8-14/h12,14-16H,2-11H2,1H3. The topological polar surface area (TPSA) is 36.4 Å². The molecule has 3 aliphatic rings. The smallest absolute Gasteiger partial charge is 0.222 e. The Balaban J connectivity index is 1.23. The molecule has 2 heterocycles. The fourth-order valence-corrected chi connectivity index (χ4v) is 5.45. The number of aryl methyl sites for hydroxylation is 1. The first-order valence-corrected chi connectivity index (χ1v) is 9.96. The molecule has 23 heavy (non-hydrogen) atoms.